The molecule has 114 valence electrons. The average Bonchev–Trinajstić information content (AvgIpc) is 2.90. The molecule has 0 aliphatic heterocycles. The molecule has 1 heterocycles. The van der Waals surface area contributed by atoms with Crippen molar-refractivity contribution >= 4 is 16.9 Å². The summed E-state index contributed by atoms with van der Waals surface area (Å²) in [6.45, 7) is 4.63. The second-order valence-electron chi connectivity index (χ2n) is 5.31. The third-order valence-electron chi connectivity index (χ3n) is 3.94. The predicted molar refractivity (Wildman–Crippen MR) is 82.8 cm³/mol. The topological polar surface area (TPSA) is 67.2 Å². The number of carbonyl (C=O) groups is 1. The van der Waals surface area contributed by atoms with E-state index >= 15 is 0 Å². The molecule has 0 radical (unpaired) electrons. The second-order valence-corrected chi connectivity index (χ2v) is 5.31. The van der Waals surface area contributed by atoms with Gasteiger partial charge in [-0.1, -0.05) is 38.8 Å². The normalized spacial score (nSPS) is 12.8. The van der Waals surface area contributed by atoms with Gasteiger partial charge in [-0.2, -0.15) is 0 Å². The van der Waals surface area contributed by atoms with Gasteiger partial charge >= 0.3 is 0 Å². The van der Waals surface area contributed by atoms with Gasteiger partial charge in [0.05, 0.1) is 23.5 Å². The smallest absolute Gasteiger partial charge is 0.240 e. The van der Waals surface area contributed by atoms with Crippen molar-refractivity contribution in [1.82, 2.24) is 14.9 Å². The fourth-order valence-corrected chi connectivity index (χ4v) is 2.56. The van der Waals surface area contributed by atoms with E-state index in [1.54, 1.807) is 6.33 Å². The summed E-state index contributed by atoms with van der Waals surface area (Å²) in [7, 11) is 0. The molecule has 2 aromatic rings. The molecule has 1 aromatic heterocycles. The van der Waals surface area contributed by atoms with Crippen molar-refractivity contribution in [3.8, 4) is 0 Å². The Bertz CT molecular complexity index is 590. The van der Waals surface area contributed by atoms with Crippen LogP contribution in [0.4, 0.5) is 0 Å². The number of hydrogen-bond acceptors (Lipinski definition) is 3. The number of amides is 1. The number of aliphatic hydroxyl groups is 1. The number of benzene rings is 1. The molecule has 0 bridgehead atoms. The molecule has 1 amide bonds. The molecule has 5 heteroatoms. The lowest BCUT2D eigenvalue weighted by molar-refractivity contribution is -0.122. The van der Waals surface area contributed by atoms with E-state index in [0.29, 0.717) is 6.54 Å². The fraction of sp³-hybridized carbons (Fsp3) is 0.500. The van der Waals surface area contributed by atoms with Gasteiger partial charge in [-0.15, -0.1) is 0 Å². The van der Waals surface area contributed by atoms with Crippen LogP contribution in [0.2, 0.25) is 0 Å². The van der Waals surface area contributed by atoms with Crippen LogP contribution in [0.5, 0.6) is 0 Å². The molecule has 0 saturated carbocycles. The van der Waals surface area contributed by atoms with Gasteiger partial charge in [-0.25, -0.2) is 4.98 Å². The molecule has 0 spiro atoms. The van der Waals surface area contributed by atoms with E-state index in [1.165, 1.54) is 0 Å². The molecule has 1 atom stereocenters. The summed E-state index contributed by atoms with van der Waals surface area (Å²) in [4.78, 5) is 16.2. The van der Waals surface area contributed by atoms with Crippen molar-refractivity contribution in [1.29, 1.82) is 0 Å². The number of nitrogens with zero attached hydrogens (tertiary/aromatic N) is 2. The summed E-state index contributed by atoms with van der Waals surface area (Å²) in [5.41, 5.74) is 1.82. The number of imidazole rings is 1. The van der Waals surface area contributed by atoms with Crippen LogP contribution in [0.1, 0.15) is 26.7 Å². The fourth-order valence-electron chi connectivity index (χ4n) is 2.56. The molecule has 2 rings (SSSR count). The van der Waals surface area contributed by atoms with Crippen LogP contribution in [0, 0.1) is 5.92 Å². The molecule has 1 unspecified atom stereocenters. The minimum Gasteiger partial charge on any atom is -0.391 e. The third-order valence-corrected chi connectivity index (χ3v) is 3.94. The number of rotatable bonds is 7. The Hall–Kier alpha value is -1.88. The Morgan fingerprint density at radius 1 is 1.33 bits per heavy atom. The first-order chi connectivity index (χ1) is 10.2. The van der Waals surface area contributed by atoms with E-state index < -0.39 is 6.10 Å². The number of fused-ring (bicyclic) bond motifs is 1. The summed E-state index contributed by atoms with van der Waals surface area (Å²) >= 11 is 0. The lowest BCUT2D eigenvalue weighted by atomic mass is 9.96. The van der Waals surface area contributed by atoms with E-state index in [4.69, 9.17) is 0 Å². The van der Waals surface area contributed by atoms with E-state index in [2.05, 4.69) is 24.1 Å². The van der Waals surface area contributed by atoms with Gasteiger partial charge in [0.15, 0.2) is 0 Å². The first-order valence-electron chi connectivity index (χ1n) is 7.50. The second kappa shape index (κ2) is 7.22. The van der Waals surface area contributed by atoms with Gasteiger partial charge in [0.2, 0.25) is 5.91 Å². The number of nitrogens with one attached hydrogen (secondary N) is 1. The Balaban J connectivity index is 1.90. The number of aliphatic hydroxyl groups excluding tert-OH is 1. The first-order valence-corrected chi connectivity index (χ1v) is 7.50. The largest absolute Gasteiger partial charge is 0.391 e. The third kappa shape index (κ3) is 3.82. The molecule has 5 nitrogen and oxygen atoms in total. The minimum atomic E-state index is -0.483. The van der Waals surface area contributed by atoms with E-state index in [0.717, 1.165) is 23.9 Å². The summed E-state index contributed by atoms with van der Waals surface area (Å²) < 4.78 is 1.81. The van der Waals surface area contributed by atoms with Crippen LogP contribution in [-0.4, -0.2) is 33.2 Å². The van der Waals surface area contributed by atoms with Crippen molar-refractivity contribution in [2.45, 2.75) is 39.3 Å². The highest BCUT2D eigenvalue weighted by molar-refractivity contribution is 5.80. The first kappa shape index (κ1) is 15.5. The number of para-hydroxylation sites is 2. The van der Waals surface area contributed by atoms with E-state index in [-0.39, 0.29) is 18.4 Å². The van der Waals surface area contributed by atoms with E-state index in [1.807, 2.05) is 28.8 Å². The maximum Gasteiger partial charge on any atom is 0.240 e. The summed E-state index contributed by atoms with van der Waals surface area (Å²) in [6, 6.07) is 7.70. The highest BCUT2D eigenvalue weighted by atomic mass is 16.3. The monoisotopic (exact) mass is 289 g/mol. The van der Waals surface area contributed by atoms with Crippen LogP contribution in [0.25, 0.3) is 11.0 Å². The van der Waals surface area contributed by atoms with Crippen LogP contribution in [-0.2, 0) is 11.3 Å². The van der Waals surface area contributed by atoms with Gasteiger partial charge in [-0.05, 0) is 18.1 Å². The molecule has 0 aliphatic rings. The van der Waals surface area contributed by atoms with Crippen molar-refractivity contribution in [3.05, 3.63) is 30.6 Å². The standard InChI is InChI=1S/C16H23N3O2/c1-3-12(4-2)15(20)9-17-16(21)10-19-11-18-13-7-5-6-8-14(13)19/h5-8,11-12,15,20H,3-4,9-10H2,1-2H3,(H,17,21). The predicted octanol–water partition coefficient (Wildman–Crippen LogP) is 1.95. The highest BCUT2D eigenvalue weighted by Crippen LogP contribution is 2.13. The summed E-state index contributed by atoms with van der Waals surface area (Å²) in [5.74, 6) is 0.127. The van der Waals surface area contributed by atoms with Crippen molar-refractivity contribution in [2.24, 2.45) is 5.92 Å². The molecule has 0 fully saturated rings. The van der Waals surface area contributed by atoms with Crippen molar-refractivity contribution in [3.63, 3.8) is 0 Å². The van der Waals surface area contributed by atoms with E-state index in [9.17, 15) is 9.90 Å². The van der Waals surface area contributed by atoms with Gasteiger partial charge in [0.25, 0.3) is 0 Å². The molecule has 0 aliphatic carbocycles. The SMILES string of the molecule is CCC(CC)C(O)CNC(=O)Cn1cnc2ccccc21. The van der Waals surface area contributed by atoms with Gasteiger partial charge in [0.1, 0.15) is 6.54 Å². The lowest BCUT2D eigenvalue weighted by Gasteiger charge is -2.20. The molecule has 21 heavy (non-hydrogen) atoms. The van der Waals surface area contributed by atoms with Crippen molar-refractivity contribution < 1.29 is 9.90 Å². The Morgan fingerprint density at radius 2 is 2.05 bits per heavy atom. The van der Waals surface area contributed by atoms with Gasteiger partial charge in [0, 0.05) is 6.54 Å². The van der Waals surface area contributed by atoms with Gasteiger partial charge in [-0.3, -0.25) is 4.79 Å². The summed E-state index contributed by atoms with van der Waals surface area (Å²) in [5, 5.41) is 12.8. The minimum absolute atomic E-state index is 0.108. The number of aromatic nitrogens is 2. The Morgan fingerprint density at radius 3 is 2.76 bits per heavy atom. The Kier molecular flexibility index (Phi) is 5.33. The number of hydrogen-bond donors (Lipinski definition) is 2. The zero-order valence-corrected chi connectivity index (χ0v) is 12.6. The zero-order valence-electron chi connectivity index (χ0n) is 12.6. The molecule has 1 aromatic carbocycles. The van der Waals surface area contributed by atoms with Gasteiger partial charge < -0.3 is 15.0 Å². The average molecular weight is 289 g/mol. The maximum absolute atomic E-state index is 12.0. The quantitative estimate of drug-likeness (QED) is 0.818. The molecule has 2 N–H and O–H groups in total. The van der Waals surface area contributed by atoms with Crippen LogP contribution >= 0.6 is 0 Å². The summed E-state index contributed by atoms with van der Waals surface area (Å²) in [6.07, 6.45) is 3.02. The van der Waals surface area contributed by atoms with Crippen LogP contribution in [0.3, 0.4) is 0 Å². The molecular weight excluding hydrogens is 266 g/mol. The zero-order chi connectivity index (χ0) is 15.2. The number of carbonyl (C=O) groups excluding carboxylic acids is 1. The lowest BCUT2D eigenvalue weighted by Crippen LogP contribution is -2.37. The highest BCUT2D eigenvalue weighted by Gasteiger charge is 2.16. The molecular formula is C16H23N3O2. The van der Waals surface area contributed by atoms with Crippen LogP contribution < -0.4 is 5.32 Å². The van der Waals surface area contributed by atoms with Crippen molar-refractivity contribution in [2.75, 3.05) is 6.54 Å². The maximum atomic E-state index is 12.0. The Labute approximate surface area is 125 Å². The molecule has 0 saturated heterocycles. The van der Waals surface area contributed by atoms with Crippen LogP contribution in [0.15, 0.2) is 30.6 Å².